The first-order valence-electron chi connectivity index (χ1n) is 7.50. The van der Waals surface area contributed by atoms with Crippen molar-refractivity contribution in [1.82, 2.24) is 10.3 Å². The van der Waals surface area contributed by atoms with E-state index in [1.165, 1.54) is 0 Å². The average molecular weight is 305 g/mol. The van der Waals surface area contributed by atoms with Gasteiger partial charge in [0.25, 0.3) is 5.91 Å². The number of carbonyl (C=O) groups is 2. The lowest BCUT2D eigenvalue weighted by Gasteiger charge is -2.31. The van der Waals surface area contributed by atoms with Crippen LogP contribution in [0.15, 0.2) is 18.2 Å². The van der Waals surface area contributed by atoms with Crippen LogP contribution in [0.1, 0.15) is 24.0 Å². The Kier molecular flexibility index (Phi) is 5.38. The van der Waals surface area contributed by atoms with Crippen LogP contribution in [0, 0.1) is 19.8 Å². The fourth-order valence-electron chi connectivity index (χ4n) is 2.79. The number of para-hydroxylation sites is 1. The van der Waals surface area contributed by atoms with Gasteiger partial charge in [0.1, 0.15) is 5.75 Å². The predicted molar refractivity (Wildman–Crippen MR) is 83.0 cm³/mol. The molecule has 6 heteroatoms. The zero-order valence-electron chi connectivity index (χ0n) is 13.1. The average Bonchev–Trinajstić information content (AvgIpc) is 2.53. The van der Waals surface area contributed by atoms with Crippen molar-refractivity contribution in [2.75, 3.05) is 19.7 Å². The molecule has 1 saturated heterocycles. The first-order valence-corrected chi connectivity index (χ1v) is 7.50. The van der Waals surface area contributed by atoms with E-state index < -0.39 is 0 Å². The van der Waals surface area contributed by atoms with Gasteiger partial charge in [0.05, 0.1) is 5.92 Å². The highest BCUT2D eigenvalue weighted by Gasteiger charge is 2.28. The minimum atomic E-state index is -0.233. The molecule has 0 radical (unpaired) electrons. The summed E-state index contributed by atoms with van der Waals surface area (Å²) < 4.78 is 5.69. The maximum Gasteiger partial charge on any atom is 0.260 e. The van der Waals surface area contributed by atoms with Crippen LogP contribution >= 0.6 is 0 Å². The van der Waals surface area contributed by atoms with E-state index in [0.717, 1.165) is 29.7 Å². The first-order chi connectivity index (χ1) is 10.5. The molecule has 0 bridgehead atoms. The van der Waals surface area contributed by atoms with Crippen LogP contribution < -0.4 is 16.0 Å². The van der Waals surface area contributed by atoms with Gasteiger partial charge in [-0.1, -0.05) is 18.2 Å². The maximum absolute atomic E-state index is 12.3. The number of likely N-dealkylation sites (tertiary alicyclic amines) is 1. The molecule has 1 unspecified atom stereocenters. The molecule has 120 valence electrons. The number of hydrogen-bond acceptors (Lipinski definition) is 4. The lowest BCUT2D eigenvalue weighted by Crippen LogP contribution is -2.48. The second kappa shape index (κ2) is 7.26. The molecule has 0 aliphatic carbocycles. The summed E-state index contributed by atoms with van der Waals surface area (Å²) in [5.74, 6) is 5.37. The van der Waals surface area contributed by atoms with Crippen LogP contribution in [0.3, 0.4) is 0 Å². The standard InChI is InChI=1S/C16H23N3O3/c1-11-5-3-6-12(2)15(11)22-10-14(20)19-8-4-7-13(9-19)16(21)18-17/h3,5-6,13H,4,7-10,17H2,1-2H3,(H,18,21). The third-order valence-electron chi connectivity index (χ3n) is 4.04. The van der Waals surface area contributed by atoms with Gasteiger partial charge in [-0.25, -0.2) is 5.84 Å². The van der Waals surface area contributed by atoms with Gasteiger partial charge in [-0.05, 0) is 37.8 Å². The summed E-state index contributed by atoms with van der Waals surface area (Å²) in [6, 6.07) is 5.87. The third kappa shape index (κ3) is 3.76. The zero-order chi connectivity index (χ0) is 16.1. The van der Waals surface area contributed by atoms with Crippen LogP contribution in [-0.4, -0.2) is 36.4 Å². The minimum absolute atomic E-state index is 0.0113. The van der Waals surface area contributed by atoms with Crippen LogP contribution in [0.25, 0.3) is 0 Å². The normalized spacial score (nSPS) is 18.0. The molecule has 1 fully saturated rings. The van der Waals surface area contributed by atoms with Gasteiger partial charge in [-0.2, -0.15) is 0 Å². The Bertz CT molecular complexity index is 539. The van der Waals surface area contributed by atoms with Crippen molar-refractivity contribution < 1.29 is 14.3 Å². The molecular weight excluding hydrogens is 282 g/mol. The topological polar surface area (TPSA) is 84.7 Å². The van der Waals surface area contributed by atoms with Crippen LogP contribution in [0.2, 0.25) is 0 Å². The molecular formula is C16H23N3O3. The van der Waals surface area contributed by atoms with E-state index in [1.807, 2.05) is 32.0 Å². The van der Waals surface area contributed by atoms with Crippen LogP contribution in [0.4, 0.5) is 0 Å². The van der Waals surface area contributed by atoms with Crippen molar-refractivity contribution in [3.05, 3.63) is 29.3 Å². The highest BCUT2D eigenvalue weighted by Crippen LogP contribution is 2.23. The second-order valence-corrected chi connectivity index (χ2v) is 5.70. The summed E-state index contributed by atoms with van der Waals surface area (Å²) in [5.41, 5.74) is 4.17. The van der Waals surface area contributed by atoms with E-state index in [2.05, 4.69) is 5.43 Å². The lowest BCUT2D eigenvalue weighted by molar-refractivity contribution is -0.137. The Labute approximate surface area is 130 Å². The van der Waals surface area contributed by atoms with Crippen molar-refractivity contribution >= 4 is 11.8 Å². The fraction of sp³-hybridized carbons (Fsp3) is 0.500. The number of carbonyl (C=O) groups excluding carboxylic acids is 2. The predicted octanol–water partition coefficient (Wildman–Crippen LogP) is 0.911. The van der Waals surface area contributed by atoms with Gasteiger partial charge in [-0.3, -0.25) is 15.0 Å². The van der Waals surface area contributed by atoms with Crippen molar-refractivity contribution in [3.63, 3.8) is 0 Å². The fourth-order valence-corrected chi connectivity index (χ4v) is 2.79. The molecule has 1 aromatic rings. The number of hydrazine groups is 1. The minimum Gasteiger partial charge on any atom is -0.483 e. The number of benzene rings is 1. The molecule has 1 aliphatic rings. The van der Waals surface area contributed by atoms with Crippen molar-refractivity contribution in [2.45, 2.75) is 26.7 Å². The van der Waals surface area contributed by atoms with Gasteiger partial charge in [0, 0.05) is 13.1 Å². The highest BCUT2D eigenvalue weighted by atomic mass is 16.5. The number of ether oxygens (including phenoxy) is 1. The van der Waals surface area contributed by atoms with Gasteiger partial charge in [-0.15, -0.1) is 0 Å². The molecule has 2 amide bonds. The quantitative estimate of drug-likeness (QED) is 0.492. The number of aryl methyl sites for hydroxylation is 2. The van der Waals surface area contributed by atoms with Gasteiger partial charge < -0.3 is 9.64 Å². The number of piperidine rings is 1. The smallest absolute Gasteiger partial charge is 0.260 e. The molecule has 3 N–H and O–H groups in total. The van der Waals surface area contributed by atoms with Crippen LogP contribution in [0.5, 0.6) is 5.75 Å². The number of rotatable bonds is 4. The third-order valence-corrected chi connectivity index (χ3v) is 4.04. The summed E-state index contributed by atoms with van der Waals surface area (Å²) in [5, 5.41) is 0. The summed E-state index contributed by atoms with van der Waals surface area (Å²) in [4.78, 5) is 25.6. The van der Waals surface area contributed by atoms with Gasteiger partial charge in [0.15, 0.2) is 6.61 Å². The van der Waals surface area contributed by atoms with Crippen molar-refractivity contribution in [2.24, 2.45) is 11.8 Å². The molecule has 1 aliphatic heterocycles. The van der Waals surface area contributed by atoms with E-state index in [9.17, 15) is 9.59 Å². The SMILES string of the molecule is Cc1cccc(C)c1OCC(=O)N1CCCC(C(=O)NN)C1. The molecule has 0 aromatic heterocycles. The van der Waals surface area contributed by atoms with Gasteiger partial charge in [0.2, 0.25) is 5.91 Å². The molecule has 1 atom stereocenters. The van der Waals surface area contributed by atoms with Crippen molar-refractivity contribution in [1.29, 1.82) is 0 Å². The molecule has 1 aromatic carbocycles. The van der Waals surface area contributed by atoms with Crippen LogP contribution in [-0.2, 0) is 9.59 Å². The summed E-state index contributed by atoms with van der Waals surface area (Å²) in [7, 11) is 0. The summed E-state index contributed by atoms with van der Waals surface area (Å²) >= 11 is 0. The molecule has 0 spiro atoms. The largest absolute Gasteiger partial charge is 0.483 e. The Balaban J connectivity index is 1.93. The second-order valence-electron chi connectivity index (χ2n) is 5.70. The molecule has 22 heavy (non-hydrogen) atoms. The van der Waals surface area contributed by atoms with E-state index in [4.69, 9.17) is 10.6 Å². The highest BCUT2D eigenvalue weighted by molar-refractivity contribution is 5.81. The van der Waals surface area contributed by atoms with E-state index in [1.54, 1.807) is 4.90 Å². The Hall–Kier alpha value is -2.08. The summed E-state index contributed by atoms with van der Waals surface area (Å²) in [6.07, 6.45) is 1.55. The van der Waals surface area contributed by atoms with E-state index in [-0.39, 0.29) is 24.3 Å². The molecule has 1 heterocycles. The Morgan fingerprint density at radius 1 is 1.36 bits per heavy atom. The number of nitrogens with two attached hydrogens (primary N) is 1. The Morgan fingerprint density at radius 3 is 2.68 bits per heavy atom. The number of amides is 2. The lowest BCUT2D eigenvalue weighted by atomic mass is 9.97. The molecule has 0 saturated carbocycles. The number of nitrogens with one attached hydrogen (secondary N) is 1. The zero-order valence-corrected chi connectivity index (χ0v) is 13.1. The van der Waals surface area contributed by atoms with E-state index in [0.29, 0.717) is 13.1 Å². The maximum atomic E-state index is 12.3. The monoisotopic (exact) mass is 305 g/mol. The number of hydrogen-bond donors (Lipinski definition) is 2. The Morgan fingerprint density at radius 2 is 2.05 bits per heavy atom. The molecule has 6 nitrogen and oxygen atoms in total. The van der Waals surface area contributed by atoms with E-state index >= 15 is 0 Å². The summed E-state index contributed by atoms with van der Waals surface area (Å²) in [6.45, 7) is 4.95. The van der Waals surface area contributed by atoms with Crippen molar-refractivity contribution in [3.8, 4) is 5.75 Å². The number of nitrogens with zero attached hydrogens (tertiary/aromatic N) is 1. The van der Waals surface area contributed by atoms with Gasteiger partial charge >= 0.3 is 0 Å². The molecule has 2 rings (SSSR count). The first kappa shape index (κ1) is 16.3.